The Labute approximate surface area is 309 Å². The number of aromatic nitrogens is 2. The maximum Gasteiger partial charge on any atom is 0.164 e. The molecule has 0 aliphatic heterocycles. The second-order valence-corrected chi connectivity index (χ2v) is 14.5. The molecular weight excluding hydrogens is 801 g/mol. The molecule has 2 aromatic carbocycles. The predicted molar refractivity (Wildman–Crippen MR) is 201 cm³/mol. The predicted octanol–water partition coefficient (Wildman–Crippen LogP) is 12.2. The molecule has 7 heteroatoms. The van der Waals surface area contributed by atoms with Crippen LogP contribution in [0.3, 0.4) is 0 Å². The quantitative estimate of drug-likeness (QED) is 0.0885. The van der Waals surface area contributed by atoms with E-state index in [1.807, 2.05) is 84.1 Å². The van der Waals surface area contributed by atoms with E-state index in [1.54, 1.807) is 6.26 Å². The fourth-order valence-electron chi connectivity index (χ4n) is 5.93. The summed E-state index contributed by atoms with van der Waals surface area (Å²) >= 11 is 0. The van der Waals surface area contributed by atoms with Crippen molar-refractivity contribution in [3.8, 4) is 22.7 Å². The molecule has 0 bridgehead atoms. The van der Waals surface area contributed by atoms with Crippen LogP contribution in [0, 0.1) is 16.9 Å². The number of nitrogens with zero attached hydrogens (tertiary/aromatic N) is 2. The zero-order chi connectivity index (χ0) is 35.6. The molecule has 4 heterocycles. The second kappa shape index (κ2) is 15.4. The molecule has 0 saturated heterocycles. The van der Waals surface area contributed by atoms with Gasteiger partial charge in [-0.05, 0) is 55.4 Å². The summed E-state index contributed by atoms with van der Waals surface area (Å²) in [7, 11) is 0. The summed E-state index contributed by atoms with van der Waals surface area (Å²) in [4.78, 5) is 21.5. The second-order valence-electron chi connectivity index (χ2n) is 14.5. The molecule has 0 fully saturated rings. The Morgan fingerprint density at radius 1 is 0.880 bits per heavy atom. The van der Waals surface area contributed by atoms with Gasteiger partial charge in [0.15, 0.2) is 17.1 Å². The van der Waals surface area contributed by atoms with Crippen LogP contribution in [-0.2, 0) is 30.3 Å². The van der Waals surface area contributed by atoms with Gasteiger partial charge in [-0.25, -0.2) is 4.98 Å². The molecule has 4 aromatic heterocycles. The number of benzene rings is 2. The first kappa shape index (κ1) is 38.7. The largest absolute Gasteiger partial charge is 0.512 e. The van der Waals surface area contributed by atoms with Crippen LogP contribution < -0.4 is 0 Å². The molecule has 6 rings (SSSR count). The summed E-state index contributed by atoms with van der Waals surface area (Å²) in [5.74, 6) is 0.989. The fourth-order valence-corrected chi connectivity index (χ4v) is 5.93. The molecule has 0 aliphatic carbocycles. The summed E-state index contributed by atoms with van der Waals surface area (Å²) in [6.45, 7) is 18.8. The Bertz CT molecular complexity index is 2120. The molecule has 0 spiro atoms. The van der Waals surface area contributed by atoms with Gasteiger partial charge in [0.2, 0.25) is 0 Å². The molecule has 0 saturated carbocycles. The zero-order valence-electron chi connectivity index (χ0n) is 30.7. The van der Waals surface area contributed by atoms with E-state index in [-0.39, 0.29) is 47.9 Å². The number of hydrogen-bond donors (Lipinski definition) is 1. The van der Waals surface area contributed by atoms with Gasteiger partial charge >= 0.3 is 0 Å². The minimum absolute atomic E-state index is 0. The van der Waals surface area contributed by atoms with Crippen molar-refractivity contribution in [2.24, 2.45) is 10.8 Å². The van der Waals surface area contributed by atoms with Gasteiger partial charge in [-0.15, -0.1) is 29.1 Å². The van der Waals surface area contributed by atoms with Gasteiger partial charge in [0.25, 0.3) is 0 Å². The van der Waals surface area contributed by atoms with E-state index < -0.39 is 0 Å². The van der Waals surface area contributed by atoms with Gasteiger partial charge in [0.05, 0.1) is 6.26 Å². The molecule has 265 valence electrons. The molecule has 6 nitrogen and oxygen atoms in total. The van der Waals surface area contributed by atoms with E-state index >= 15 is 0 Å². The van der Waals surface area contributed by atoms with Gasteiger partial charge in [-0.2, -0.15) is 0 Å². The Hall–Kier alpha value is -4.06. The Kier molecular flexibility index (Phi) is 12.0. The van der Waals surface area contributed by atoms with Crippen molar-refractivity contribution < 1.29 is 38.8 Å². The molecule has 0 amide bonds. The number of aliphatic hydroxyl groups excluding tert-OH is 1. The monoisotopic (exact) mass is 850 g/mol. The first-order chi connectivity index (χ1) is 23.3. The number of furan rings is 2. The summed E-state index contributed by atoms with van der Waals surface area (Å²) in [6, 6.07) is 23.8. The van der Waals surface area contributed by atoms with Crippen molar-refractivity contribution >= 4 is 38.6 Å². The number of aliphatic hydroxyl groups is 1. The van der Waals surface area contributed by atoms with Crippen molar-refractivity contribution in [1.82, 2.24) is 9.97 Å². The number of carbonyl (C=O) groups is 1. The van der Waals surface area contributed by atoms with Crippen LogP contribution in [0.25, 0.3) is 55.6 Å². The Morgan fingerprint density at radius 2 is 1.56 bits per heavy atom. The van der Waals surface area contributed by atoms with Crippen LogP contribution in [-0.4, -0.2) is 20.9 Å². The number of fused-ring (bicyclic) bond motifs is 3. The maximum absolute atomic E-state index is 12.2. The Balaban J connectivity index is 0.000000269. The van der Waals surface area contributed by atoms with Crippen molar-refractivity contribution in [3.05, 3.63) is 96.6 Å². The summed E-state index contributed by atoms with van der Waals surface area (Å²) in [6.07, 6.45) is 8.22. The van der Waals surface area contributed by atoms with E-state index in [9.17, 15) is 9.90 Å². The Morgan fingerprint density at radius 3 is 2.22 bits per heavy atom. The number of pyridine rings is 2. The average Bonchev–Trinajstić information content (AvgIpc) is 3.77. The summed E-state index contributed by atoms with van der Waals surface area (Å²) < 4.78 is 11.7. The third kappa shape index (κ3) is 7.80. The number of allylic oxidation sites excluding steroid dienone is 2. The van der Waals surface area contributed by atoms with E-state index in [4.69, 9.17) is 13.8 Å². The number of hydrogen-bond acceptors (Lipinski definition) is 6. The maximum atomic E-state index is 12.2. The minimum atomic E-state index is -0.337. The van der Waals surface area contributed by atoms with Crippen LogP contribution in [0.5, 0.6) is 0 Å². The fraction of sp³-hybridized carbons (Fsp3) is 0.372. The van der Waals surface area contributed by atoms with Crippen LogP contribution in [0.4, 0.5) is 0 Å². The number of ketones is 1. The summed E-state index contributed by atoms with van der Waals surface area (Å²) in [5.41, 5.74) is 5.42. The molecular formula is C43H49IrN2O4-. The minimum Gasteiger partial charge on any atom is -0.512 e. The molecule has 6 aromatic rings. The molecule has 0 atom stereocenters. The SMILES string of the molecule is CC(C)(C)c1cc(-c2nccc3cc(-c4ccc5occc5n4)oc23)[c-]c2ccccc12.CCC(C)(CC)C(=O)/C=C(\O)C(C)(CC)CC.[Ir]. The van der Waals surface area contributed by atoms with Crippen molar-refractivity contribution in [3.63, 3.8) is 0 Å². The van der Waals surface area contributed by atoms with E-state index in [1.165, 1.54) is 17.0 Å². The van der Waals surface area contributed by atoms with Gasteiger partial charge in [-0.3, -0.25) is 9.78 Å². The zero-order valence-corrected chi connectivity index (χ0v) is 33.1. The summed E-state index contributed by atoms with van der Waals surface area (Å²) in [5, 5.41) is 13.4. The normalized spacial score (nSPS) is 12.5. The molecule has 0 aliphatic rings. The smallest absolute Gasteiger partial charge is 0.164 e. The topological polar surface area (TPSA) is 89.4 Å². The number of rotatable bonds is 9. The van der Waals surface area contributed by atoms with Crippen molar-refractivity contribution in [2.45, 2.75) is 93.4 Å². The molecule has 1 radical (unpaired) electrons. The van der Waals surface area contributed by atoms with E-state index in [2.05, 4.69) is 56.1 Å². The first-order valence-corrected chi connectivity index (χ1v) is 17.4. The van der Waals surface area contributed by atoms with Gasteiger partial charge in [0, 0.05) is 60.4 Å². The van der Waals surface area contributed by atoms with Crippen LogP contribution in [0.2, 0.25) is 0 Å². The molecule has 50 heavy (non-hydrogen) atoms. The third-order valence-corrected chi connectivity index (χ3v) is 10.4. The van der Waals surface area contributed by atoms with E-state index in [0.29, 0.717) is 5.76 Å². The van der Waals surface area contributed by atoms with Crippen LogP contribution >= 0.6 is 0 Å². The van der Waals surface area contributed by atoms with Crippen molar-refractivity contribution in [1.29, 1.82) is 0 Å². The molecule has 1 N–H and O–H groups in total. The number of carbonyl (C=O) groups excluding carboxylic acids is 1. The van der Waals surface area contributed by atoms with Gasteiger partial charge in [0.1, 0.15) is 22.6 Å². The third-order valence-electron chi connectivity index (χ3n) is 10.4. The first-order valence-electron chi connectivity index (χ1n) is 17.4. The van der Waals surface area contributed by atoms with Crippen molar-refractivity contribution in [2.75, 3.05) is 0 Å². The van der Waals surface area contributed by atoms with E-state index in [0.717, 1.165) is 70.1 Å². The van der Waals surface area contributed by atoms with Crippen LogP contribution in [0.1, 0.15) is 93.6 Å². The standard InChI is InChI=1S/C28H21N2O2.C15H28O2.Ir/c1-28(2,3)21-15-19(14-17-6-4-5-7-20(17)21)26-27-18(10-12-29-26)16-25(32-27)22-8-9-24-23(30-22)11-13-31-24;1-7-14(5,8-2)12(16)11-13(17)15(6,9-3)10-4;/h4-13,15-16H,1-3H3;11,16H,7-10H2,1-6H3;/q-1;;/b;12-11-;. The van der Waals surface area contributed by atoms with Gasteiger partial charge in [-0.1, -0.05) is 91.5 Å². The molecule has 0 unspecified atom stereocenters. The van der Waals surface area contributed by atoms with Gasteiger partial charge < -0.3 is 13.9 Å². The van der Waals surface area contributed by atoms with Crippen LogP contribution in [0.15, 0.2) is 93.8 Å². The average molecular weight is 850 g/mol.